The summed E-state index contributed by atoms with van der Waals surface area (Å²) in [6, 6.07) is 37.6. The Kier molecular flexibility index (Phi) is 16.5. The quantitative estimate of drug-likeness (QED) is 0.0734. The van der Waals surface area contributed by atoms with E-state index in [9.17, 15) is 15.0 Å². The third-order valence-corrected chi connectivity index (χ3v) is 16.8. The van der Waals surface area contributed by atoms with Crippen LogP contribution in [0.1, 0.15) is 38.8 Å². The van der Waals surface area contributed by atoms with Crippen molar-refractivity contribution in [3.05, 3.63) is 139 Å². The molecule has 0 aliphatic carbocycles. The van der Waals surface area contributed by atoms with Crippen LogP contribution in [0.15, 0.2) is 128 Å². The van der Waals surface area contributed by atoms with Gasteiger partial charge in [0, 0.05) is 21.1 Å². The van der Waals surface area contributed by atoms with Crippen molar-refractivity contribution in [2.45, 2.75) is 107 Å². The topological polar surface area (TPSA) is 150 Å². The van der Waals surface area contributed by atoms with Crippen LogP contribution in [0.2, 0.25) is 5.04 Å². The van der Waals surface area contributed by atoms with Crippen LogP contribution in [-0.2, 0) is 60.3 Å². The lowest BCUT2D eigenvalue weighted by molar-refractivity contribution is -0.376. The van der Waals surface area contributed by atoms with Gasteiger partial charge in [-0.25, -0.2) is 0 Å². The fourth-order valence-electron chi connectivity index (χ4n) is 8.55. The van der Waals surface area contributed by atoms with Gasteiger partial charge in [0.25, 0.3) is 8.32 Å². The fraction of sp³-hybridized carbons (Fsp3) is 0.449. The highest BCUT2D eigenvalue weighted by Crippen LogP contribution is 2.41. The van der Waals surface area contributed by atoms with E-state index in [-0.39, 0.29) is 19.8 Å². The number of carbonyl (C=O) groups is 1. The SMILES string of the molecule is C=CC1(CO)O[C@@H](O[C@H]2C(CO[Si](c3ccccc3)(c3ccccc3)C(C)(C)C)O[C@@H](OC)C(OCc3ccc(OC)cc3)[C@H]2OCc2ccccc2)C(OC(C)=O)[C@@H](OC)[C@H]1O. The van der Waals surface area contributed by atoms with E-state index in [0.717, 1.165) is 21.5 Å². The number of aliphatic hydroxyl groups is 2. The van der Waals surface area contributed by atoms with Crippen molar-refractivity contribution in [1.82, 2.24) is 0 Å². The molecule has 0 amide bonds. The Labute approximate surface area is 371 Å². The number of aliphatic hydroxyl groups excluding tert-OH is 2. The average molecular weight is 887 g/mol. The average Bonchev–Trinajstić information content (AvgIpc) is 3.30. The van der Waals surface area contributed by atoms with Gasteiger partial charge in [0.05, 0.1) is 33.5 Å². The van der Waals surface area contributed by atoms with Crippen LogP contribution < -0.4 is 15.1 Å². The first-order valence-corrected chi connectivity index (χ1v) is 23.0. The van der Waals surface area contributed by atoms with E-state index in [2.05, 4.69) is 51.6 Å². The summed E-state index contributed by atoms with van der Waals surface area (Å²) in [4.78, 5) is 12.7. The number of rotatable bonds is 19. The molecule has 2 aliphatic heterocycles. The van der Waals surface area contributed by atoms with Gasteiger partial charge in [-0.2, -0.15) is 0 Å². The molecule has 340 valence electrons. The van der Waals surface area contributed by atoms with Gasteiger partial charge in [0.2, 0.25) is 0 Å². The zero-order valence-electron chi connectivity index (χ0n) is 37.2. The summed E-state index contributed by atoms with van der Waals surface area (Å²) in [5, 5.41) is 24.0. The molecule has 2 aliphatic rings. The van der Waals surface area contributed by atoms with Gasteiger partial charge < -0.3 is 57.3 Å². The van der Waals surface area contributed by atoms with Gasteiger partial charge in [-0.05, 0) is 38.7 Å². The fourth-order valence-corrected chi connectivity index (χ4v) is 13.1. The normalized spacial score (nSPS) is 27.7. The molecule has 10 atom stereocenters. The zero-order chi connectivity index (χ0) is 45.2. The van der Waals surface area contributed by atoms with Crippen LogP contribution in [-0.4, -0.2) is 120 Å². The molecule has 2 fully saturated rings. The maximum Gasteiger partial charge on any atom is 0.303 e. The standard InChI is InChI=1S/C49H62O13Si/c1-9-49(32-50)45(52)42(54-7)44(59-33(2)51)47(62-49)61-40-39(31-58-63(48(3,4)5,37-21-15-11-16-22-37)38-23-17-12-18-24-38)60-46(55-8)43(41(40)56-29-34-19-13-10-14-20-34)57-30-35-25-27-36(53-6)28-26-35/h9-28,39-47,50,52H,1,29-32H2,2-8H3/t39?,40-,41-,42+,43?,44?,45+,46+,47+,49?/m0/s1. The predicted octanol–water partition coefficient (Wildman–Crippen LogP) is 5.08. The highest BCUT2D eigenvalue weighted by Gasteiger charge is 2.59. The Morgan fingerprint density at radius 2 is 1.30 bits per heavy atom. The molecule has 63 heavy (non-hydrogen) atoms. The summed E-state index contributed by atoms with van der Waals surface area (Å²) in [5.41, 5.74) is -0.0489. The van der Waals surface area contributed by atoms with E-state index in [1.807, 2.05) is 91.0 Å². The van der Waals surface area contributed by atoms with Crippen molar-refractivity contribution in [1.29, 1.82) is 0 Å². The summed E-state index contributed by atoms with van der Waals surface area (Å²) < 4.78 is 64.5. The van der Waals surface area contributed by atoms with Crippen LogP contribution in [0, 0.1) is 0 Å². The molecule has 2 heterocycles. The number of methoxy groups -OCH3 is 3. The van der Waals surface area contributed by atoms with Crippen molar-refractivity contribution < 1.29 is 62.1 Å². The van der Waals surface area contributed by atoms with Crippen LogP contribution in [0.25, 0.3) is 0 Å². The van der Waals surface area contributed by atoms with Crippen molar-refractivity contribution in [3.63, 3.8) is 0 Å². The summed E-state index contributed by atoms with van der Waals surface area (Å²) in [5.74, 6) is 0.0218. The lowest BCUT2D eigenvalue weighted by atomic mass is 9.87. The van der Waals surface area contributed by atoms with Crippen molar-refractivity contribution in [2.24, 2.45) is 0 Å². The number of carbonyl (C=O) groups excluding carboxylic acids is 1. The first kappa shape index (κ1) is 48.2. The first-order chi connectivity index (χ1) is 30.3. The van der Waals surface area contributed by atoms with Gasteiger partial charge in [0.15, 0.2) is 18.7 Å². The summed E-state index contributed by atoms with van der Waals surface area (Å²) in [6.45, 7) is 11.2. The molecular formula is C49H62O13Si. The molecule has 4 unspecified atom stereocenters. The molecule has 6 rings (SSSR count). The molecule has 2 saturated heterocycles. The zero-order valence-corrected chi connectivity index (χ0v) is 38.2. The Morgan fingerprint density at radius 1 is 0.746 bits per heavy atom. The minimum atomic E-state index is -3.18. The Morgan fingerprint density at radius 3 is 1.79 bits per heavy atom. The second kappa shape index (κ2) is 21.6. The molecular weight excluding hydrogens is 825 g/mol. The monoisotopic (exact) mass is 886 g/mol. The van der Waals surface area contributed by atoms with Gasteiger partial charge in [-0.1, -0.05) is 130 Å². The number of benzene rings is 4. The highest BCUT2D eigenvalue weighted by molar-refractivity contribution is 6.99. The second-order valence-corrected chi connectivity index (χ2v) is 21.1. The molecule has 0 saturated carbocycles. The van der Waals surface area contributed by atoms with Crippen LogP contribution in [0.5, 0.6) is 5.75 Å². The van der Waals surface area contributed by atoms with Gasteiger partial charge in [-0.15, -0.1) is 6.58 Å². The summed E-state index contributed by atoms with van der Waals surface area (Å²) in [7, 11) is 1.32. The van der Waals surface area contributed by atoms with E-state index in [1.165, 1.54) is 27.2 Å². The number of hydrogen-bond donors (Lipinski definition) is 2. The maximum atomic E-state index is 12.7. The lowest BCUT2D eigenvalue weighted by Gasteiger charge is -2.52. The molecule has 13 nitrogen and oxygen atoms in total. The number of hydrogen-bond acceptors (Lipinski definition) is 13. The largest absolute Gasteiger partial charge is 0.497 e. The molecule has 0 radical (unpaired) electrons. The van der Waals surface area contributed by atoms with Gasteiger partial charge in [0.1, 0.15) is 48.0 Å². The number of esters is 1. The Bertz CT molecular complexity index is 1980. The highest BCUT2D eigenvalue weighted by atomic mass is 28.4. The first-order valence-electron chi connectivity index (χ1n) is 21.1. The van der Waals surface area contributed by atoms with Gasteiger partial charge in [-0.3, -0.25) is 4.79 Å². The minimum absolute atomic E-state index is 0.0257. The molecule has 2 N–H and O–H groups in total. The van der Waals surface area contributed by atoms with Crippen LogP contribution in [0.4, 0.5) is 0 Å². The molecule has 4 aromatic rings. The molecule has 0 spiro atoms. The van der Waals surface area contributed by atoms with Crippen molar-refractivity contribution >= 4 is 24.7 Å². The van der Waals surface area contributed by atoms with Crippen molar-refractivity contribution in [2.75, 3.05) is 34.5 Å². The molecule has 4 aromatic carbocycles. The Hall–Kier alpha value is -4.29. The van der Waals surface area contributed by atoms with Crippen molar-refractivity contribution in [3.8, 4) is 5.75 Å². The van der Waals surface area contributed by atoms with E-state index >= 15 is 0 Å². The van der Waals surface area contributed by atoms with E-state index < -0.39 is 86.8 Å². The van der Waals surface area contributed by atoms with E-state index in [1.54, 1.807) is 7.11 Å². The smallest absolute Gasteiger partial charge is 0.303 e. The molecule has 0 bridgehead atoms. The third kappa shape index (κ3) is 10.6. The van der Waals surface area contributed by atoms with Gasteiger partial charge >= 0.3 is 5.97 Å². The lowest BCUT2D eigenvalue weighted by Crippen LogP contribution is -2.70. The third-order valence-electron chi connectivity index (χ3n) is 11.8. The van der Waals surface area contributed by atoms with E-state index in [4.69, 9.17) is 47.1 Å². The second-order valence-electron chi connectivity index (χ2n) is 16.8. The Balaban J connectivity index is 1.48. The maximum absolute atomic E-state index is 12.7. The predicted molar refractivity (Wildman–Crippen MR) is 238 cm³/mol. The van der Waals surface area contributed by atoms with Crippen LogP contribution >= 0.6 is 0 Å². The number of ether oxygens (including phenoxy) is 9. The summed E-state index contributed by atoms with van der Waals surface area (Å²) >= 11 is 0. The van der Waals surface area contributed by atoms with E-state index in [0.29, 0.717) is 5.75 Å². The molecule has 14 heteroatoms. The van der Waals surface area contributed by atoms with Crippen LogP contribution in [0.3, 0.4) is 0 Å². The molecule has 0 aromatic heterocycles. The summed E-state index contributed by atoms with van der Waals surface area (Å²) in [6.07, 6.45) is -9.15. The minimum Gasteiger partial charge on any atom is -0.497 e.